The van der Waals surface area contributed by atoms with Crippen molar-refractivity contribution in [3.05, 3.63) is 65.7 Å². The molecule has 0 atom stereocenters. The molecule has 3 rings (SSSR count). The van der Waals surface area contributed by atoms with Gasteiger partial charge in [-0.25, -0.2) is 4.39 Å². The monoisotopic (exact) mass is 457 g/mol. The molecule has 0 saturated carbocycles. The minimum Gasteiger partial charge on any atom is -0.494 e. The fourth-order valence-electron chi connectivity index (χ4n) is 2.90. The Morgan fingerprint density at radius 3 is 2.53 bits per heavy atom. The van der Waals surface area contributed by atoms with Crippen LogP contribution in [0.1, 0.15) is 30.0 Å². The predicted octanol–water partition coefficient (Wildman–Crippen LogP) is 3.50. The quantitative estimate of drug-likeness (QED) is 0.452. The van der Waals surface area contributed by atoms with Crippen LogP contribution in [0.15, 0.2) is 53.7 Å². The number of nitrogens with zero attached hydrogens (tertiary/aromatic N) is 3. The highest BCUT2D eigenvalue weighted by Crippen LogP contribution is 2.19. The number of ether oxygens (including phenoxy) is 1. The van der Waals surface area contributed by atoms with Crippen molar-refractivity contribution >= 4 is 29.3 Å². The van der Waals surface area contributed by atoms with Gasteiger partial charge in [0, 0.05) is 12.2 Å². The zero-order chi connectivity index (χ0) is 22.9. The van der Waals surface area contributed by atoms with Crippen LogP contribution >= 0.6 is 11.8 Å². The molecule has 0 radical (unpaired) electrons. The molecule has 0 saturated heterocycles. The SMILES string of the molecule is CCOc1ccc(NC(=O)CSc2nnc(CNC(=O)c3ccccc3F)n2CC)cc1. The van der Waals surface area contributed by atoms with Crippen molar-refractivity contribution in [2.45, 2.75) is 32.1 Å². The van der Waals surface area contributed by atoms with E-state index in [-0.39, 0.29) is 23.8 Å². The normalized spacial score (nSPS) is 10.6. The lowest BCUT2D eigenvalue weighted by Crippen LogP contribution is -2.25. The Labute approximate surface area is 189 Å². The first-order valence-electron chi connectivity index (χ1n) is 10.1. The predicted molar refractivity (Wildman–Crippen MR) is 120 cm³/mol. The zero-order valence-corrected chi connectivity index (χ0v) is 18.6. The first-order valence-corrected chi connectivity index (χ1v) is 11.1. The van der Waals surface area contributed by atoms with Crippen LogP contribution in [0.3, 0.4) is 0 Å². The van der Waals surface area contributed by atoms with Crippen molar-refractivity contribution in [3.8, 4) is 5.75 Å². The van der Waals surface area contributed by atoms with Crippen LogP contribution in [0, 0.1) is 5.82 Å². The molecular weight excluding hydrogens is 433 g/mol. The second-order valence-corrected chi connectivity index (χ2v) is 7.54. The molecule has 0 fully saturated rings. The molecule has 2 amide bonds. The molecular formula is C22H24FN5O3S. The molecule has 0 unspecified atom stereocenters. The van der Waals surface area contributed by atoms with Crippen LogP contribution in [-0.2, 0) is 17.9 Å². The molecule has 0 aliphatic rings. The van der Waals surface area contributed by atoms with E-state index < -0.39 is 11.7 Å². The summed E-state index contributed by atoms with van der Waals surface area (Å²) in [4.78, 5) is 24.5. The summed E-state index contributed by atoms with van der Waals surface area (Å²) in [6.45, 7) is 5.04. The largest absolute Gasteiger partial charge is 0.494 e. The maximum atomic E-state index is 13.8. The lowest BCUT2D eigenvalue weighted by atomic mass is 10.2. The van der Waals surface area contributed by atoms with Crippen LogP contribution in [-0.4, -0.2) is 38.9 Å². The van der Waals surface area contributed by atoms with Gasteiger partial charge in [0.15, 0.2) is 11.0 Å². The third-order valence-electron chi connectivity index (χ3n) is 4.42. The van der Waals surface area contributed by atoms with Crippen LogP contribution in [0.25, 0.3) is 0 Å². The molecule has 1 aromatic heterocycles. The van der Waals surface area contributed by atoms with Crippen LogP contribution in [0.4, 0.5) is 10.1 Å². The average molecular weight is 458 g/mol. The number of amides is 2. The topological polar surface area (TPSA) is 98.1 Å². The number of anilines is 1. The van der Waals surface area contributed by atoms with Gasteiger partial charge in [0.05, 0.1) is 24.5 Å². The van der Waals surface area contributed by atoms with E-state index in [1.54, 1.807) is 34.9 Å². The van der Waals surface area contributed by atoms with E-state index in [4.69, 9.17) is 4.74 Å². The minimum atomic E-state index is -0.586. The highest BCUT2D eigenvalue weighted by Gasteiger charge is 2.16. The van der Waals surface area contributed by atoms with Gasteiger partial charge in [-0.1, -0.05) is 23.9 Å². The van der Waals surface area contributed by atoms with E-state index >= 15 is 0 Å². The standard InChI is InChI=1S/C22H24FN5O3S/c1-3-28-19(13-24-21(30)17-7-5-6-8-18(17)23)26-27-22(28)32-14-20(29)25-15-9-11-16(12-10-15)31-4-2/h5-12H,3-4,13-14H2,1-2H3,(H,24,30)(H,25,29). The van der Waals surface area contributed by atoms with Gasteiger partial charge in [0.2, 0.25) is 5.91 Å². The number of hydrogen-bond acceptors (Lipinski definition) is 6. The van der Waals surface area contributed by atoms with E-state index in [1.165, 1.54) is 30.0 Å². The van der Waals surface area contributed by atoms with Crippen molar-refractivity contribution in [2.75, 3.05) is 17.7 Å². The number of thioether (sulfide) groups is 1. The average Bonchev–Trinajstić information content (AvgIpc) is 3.19. The maximum absolute atomic E-state index is 13.8. The van der Waals surface area contributed by atoms with Crippen molar-refractivity contribution in [1.29, 1.82) is 0 Å². The van der Waals surface area contributed by atoms with Gasteiger partial charge in [-0.15, -0.1) is 10.2 Å². The van der Waals surface area contributed by atoms with Crippen LogP contribution in [0.5, 0.6) is 5.75 Å². The summed E-state index contributed by atoms with van der Waals surface area (Å²) >= 11 is 1.24. The van der Waals surface area contributed by atoms with Crippen LogP contribution < -0.4 is 15.4 Å². The molecule has 32 heavy (non-hydrogen) atoms. The third kappa shape index (κ3) is 6.07. The smallest absolute Gasteiger partial charge is 0.254 e. The number of hydrogen-bond donors (Lipinski definition) is 2. The van der Waals surface area contributed by atoms with E-state index in [2.05, 4.69) is 20.8 Å². The molecule has 0 bridgehead atoms. The number of benzene rings is 2. The summed E-state index contributed by atoms with van der Waals surface area (Å²) in [7, 11) is 0. The molecule has 3 aromatic rings. The Morgan fingerprint density at radius 2 is 1.84 bits per heavy atom. The lowest BCUT2D eigenvalue weighted by molar-refractivity contribution is -0.113. The zero-order valence-electron chi connectivity index (χ0n) is 17.8. The van der Waals surface area contributed by atoms with Crippen molar-refractivity contribution < 1.29 is 18.7 Å². The summed E-state index contributed by atoms with van der Waals surface area (Å²) in [5.41, 5.74) is 0.642. The van der Waals surface area contributed by atoms with Crippen molar-refractivity contribution in [2.24, 2.45) is 0 Å². The third-order valence-corrected chi connectivity index (χ3v) is 5.38. The fraction of sp³-hybridized carbons (Fsp3) is 0.273. The number of nitrogens with one attached hydrogen (secondary N) is 2. The van der Waals surface area contributed by atoms with Gasteiger partial charge >= 0.3 is 0 Å². The van der Waals surface area contributed by atoms with E-state index in [1.807, 2.05) is 13.8 Å². The van der Waals surface area contributed by atoms with Crippen molar-refractivity contribution in [3.63, 3.8) is 0 Å². The Morgan fingerprint density at radius 1 is 1.09 bits per heavy atom. The van der Waals surface area contributed by atoms with Crippen LogP contribution in [0.2, 0.25) is 0 Å². The van der Waals surface area contributed by atoms with Gasteiger partial charge in [-0.3, -0.25) is 9.59 Å². The molecule has 168 valence electrons. The van der Waals surface area contributed by atoms with Gasteiger partial charge in [-0.05, 0) is 50.2 Å². The highest BCUT2D eigenvalue weighted by molar-refractivity contribution is 7.99. The Balaban J connectivity index is 1.54. The van der Waals surface area contributed by atoms with Gasteiger partial charge in [0.25, 0.3) is 5.91 Å². The summed E-state index contributed by atoms with van der Waals surface area (Å²) in [6.07, 6.45) is 0. The first-order chi connectivity index (χ1) is 15.5. The molecule has 10 heteroatoms. The first kappa shape index (κ1) is 23.3. The highest BCUT2D eigenvalue weighted by atomic mass is 32.2. The van der Waals surface area contributed by atoms with E-state index in [0.717, 1.165) is 5.75 Å². The summed E-state index contributed by atoms with van der Waals surface area (Å²) in [5.74, 6) is 0.109. The molecule has 0 aliphatic carbocycles. The fourth-order valence-corrected chi connectivity index (χ4v) is 3.72. The second-order valence-electron chi connectivity index (χ2n) is 6.60. The molecule has 2 N–H and O–H groups in total. The number of halogens is 1. The minimum absolute atomic E-state index is 0.0318. The molecule has 2 aromatic carbocycles. The molecule has 0 aliphatic heterocycles. The Kier molecular flexibility index (Phi) is 8.20. The lowest BCUT2D eigenvalue weighted by Gasteiger charge is -2.09. The van der Waals surface area contributed by atoms with E-state index in [0.29, 0.717) is 29.8 Å². The van der Waals surface area contributed by atoms with Crippen molar-refractivity contribution in [1.82, 2.24) is 20.1 Å². The Bertz CT molecular complexity index is 1070. The number of rotatable bonds is 10. The van der Waals surface area contributed by atoms with E-state index in [9.17, 15) is 14.0 Å². The molecule has 8 nitrogen and oxygen atoms in total. The van der Waals surface area contributed by atoms with Gasteiger partial charge in [0.1, 0.15) is 11.6 Å². The number of carbonyl (C=O) groups excluding carboxylic acids is 2. The Hall–Kier alpha value is -3.40. The van der Waals surface area contributed by atoms with Gasteiger partial charge < -0.3 is 19.9 Å². The summed E-state index contributed by atoms with van der Waals surface area (Å²) in [5, 5.41) is 14.3. The maximum Gasteiger partial charge on any atom is 0.254 e. The molecule has 0 spiro atoms. The summed E-state index contributed by atoms with van der Waals surface area (Å²) < 4.78 is 20.9. The van der Waals surface area contributed by atoms with Gasteiger partial charge in [-0.2, -0.15) is 0 Å². The summed E-state index contributed by atoms with van der Waals surface area (Å²) in [6, 6.07) is 12.9. The number of carbonyl (C=O) groups is 2. The molecule has 1 heterocycles. The second kappa shape index (κ2) is 11.3. The number of aromatic nitrogens is 3.